The SMILES string of the molecule is CCCCCCCCCO[Si](OC1CCC(C)C(C)C1)(c1ccccc1)c1ccccc1. The first-order valence-electron chi connectivity index (χ1n) is 13.1. The van der Waals surface area contributed by atoms with E-state index in [1.165, 1.54) is 55.3 Å². The van der Waals surface area contributed by atoms with Crippen molar-refractivity contribution in [2.45, 2.75) is 91.1 Å². The van der Waals surface area contributed by atoms with Crippen LogP contribution in [0, 0.1) is 11.8 Å². The minimum atomic E-state index is -2.77. The average molecular weight is 453 g/mol. The molecule has 2 aromatic rings. The molecule has 1 saturated carbocycles. The van der Waals surface area contributed by atoms with Gasteiger partial charge in [-0.15, -0.1) is 0 Å². The molecular weight excluding hydrogens is 408 g/mol. The molecule has 0 aromatic heterocycles. The van der Waals surface area contributed by atoms with Crippen molar-refractivity contribution in [1.29, 1.82) is 0 Å². The highest BCUT2D eigenvalue weighted by atomic mass is 28.4. The molecule has 0 amide bonds. The summed E-state index contributed by atoms with van der Waals surface area (Å²) in [7, 11) is -2.77. The van der Waals surface area contributed by atoms with Crippen LogP contribution in [-0.4, -0.2) is 21.3 Å². The second-order valence-corrected chi connectivity index (χ2v) is 12.7. The Bertz CT molecular complexity index is 709. The van der Waals surface area contributed by atoms with Gasteiger partial charge in [0.15, 0.2) is 0 Å². The normalized spacial score (nSPS) is 21.5. The standard InChI is InChI=1S/C29H44O2Si/c1-4-5-6-7-8-9-16-23-30-32(28-17-12-10-13-18-28,29-19-14-11-15-20-29)31-27-22-21-25(2)26(3)24-27/h10-15,17-20,25-27H,4-9,16,21-24H2,1-3H3. The van der Waals surface area contributed by atoms with E-state index in [4.69, 9.17) is 8.85 Å². The predicted molar refractivity (Wildman–Crippen MR) is 139 cm³/mol. The van der Waals surface area contributed by atoms with Crippen molar-refractivity contribution in [3.63, 3.8) is 0 Å². The number of benzene rings is 2. The van der Waals surface area contributed by atoms with Gasteiger partial charge in [0.25, 0.3) is 0 Å². The van der Waals surface area contributed by atoms with Crippen LogP contribution >= 0.6 is 0 Å². The zero-order chi connectivity index (χ0) is 22.7. The van der Waals surface area contributed by atoms with Crippen molar-refractivity contribution in [3.05, 3.63) is 60.7 Å². The fourth-order valence-corrected chi connectivity index (χ4v) is 8.32. The summed E-state index contributed by atoms with van der Waals surface area (Å²) in [5, 5.41) is 2.47. The molecule has 0 aliphatic heterocycles. The van der Waals surface area contributed by atoms with Crippen LogP contribution in [0.25, 0.3) is 0 Å². The van der Waals surface area contributed by atoms with Gasteiger partial charge in [0.1, 0.15) is 0 Å². The predicted octanol–water partition coefficient (Wildman–Crippen LogP) is 6.85. The third-order valence-electron chi connectivity index (χ3n) is 7.24. The molecule has 176 valence electrons. The molecule has 3 unspecified atom stereocenters. The summed E-state index contributed by atoms with van der Waals surface area (Å²) in [6.45, 7) is 7.83. The van der Waals surface area contributed by atoms with E-state index in [1.54, 1.807) is 0 Å². The lowest BCUT2D eigenvalue weighted by Gasteiger charge is -2.39. The summed E-state index contributed by atoms with van der Waals surface area (Å²) in [4.78, 5) is 0. The van der Waals surface area contributed by atoms with Crippen LogP contribution in [0.5, 0.6) is 0 Å². The Morgan fingerprint density at radius 2 is 1.28 bits per heavy atom. The molecular formula is C29H44O2Si. The van der Waals surface area contributed by atoms with Gasteiger partial charge in [-0.1, -0.05) is 120 Å². The molecule has 3 rings (SSSR count). The van der Waals surface area contributed by atoms with E-state index in [0.717, 1.165) is 31.8 Å². The molecule has 2 nitrogen and oxygen atoms in total. The molecule has 3 atom stereocenters. The van der Waals surface area contributed by atoms with E-state index in [1.807, 2.05) is 0 Å². The fourth-order valence-electron chi connectivity index (χ4n) is 4.93. The highest BCUT2D eigenvalue weighted by molar-refractivity contribution is 6.92. The first-order valence-corrected chi connectivity index (χ1v) is 14.9. The molecule has 1 aliphatic rings. The molecule has 0 spiro atoms. The lowest BCUT2D eigenvalue weighted by Crippen LogP contribution is -2.65. The number of hydrogen-bond donors (Lipinski definition) is 0. The van der Waals surface area contributed by atoms with Crippen molar-refractivity contribution in [1.82, 2.24) is 0 Å². The van der Waals surface area contributed by atoms with E-state index in [2.05, 4.69) is 81.4 Å². The first-order chi connectivity index (χ1) is 15.7. The third-order valence-corrected chi connectivity index (χ3v) is 10.7. The third kappa shape index (κ3) is 7.04. The zero-order valence-corrected chi connectivity index (χ0v) is 21.6. The Hall–Kier alpha value is -1.42. The highest BCUT2D eigenvalue weighted by Crippen LogP contribution is 2.32. The highest BCUT2D eigenvalue weighted by Gasteiger charge is 2.45. The summed E-state index contributed by atoms with van der Waals surface area (Å²) in [6.07, 6.45) is 12.9. The number of unbranched alkanes of at least 4 members (excludes halogenated alkanes) is 6. The maximum absolute atomic E-state index is 7.15. The Kier molecular flexibility index (Phi) is 10.5. The number of hydrogen-bond acceptors (Lipinski definition) is 2. The van der Waals surface area contributed by atoms with Gasteiger partial charge in [-0.3, -0.25) is 0 Å². The fraction of sp³-hybridized carbons (Fsp3) is 0.586. The van der Waals surface area contributed by atoms with Crippen molar-refractivity contribution in [2.75, 3.05) is 6.61 Å². The second-order valence-electron chi connectivity index (χ2n) is 9.83. The van der Waals surface area contributed by atoms with Crippen LogP contribution in [-0.2, 0) is 8.85 Å². The van der Waals surface area contributed by atoms with Gasteiger partial charge >= 0.3 is 8.56 Å². The molecule has 0 heterocycles. The van der Waals surface area contributed by atoms with E-state index in [-0.39, 0.29) is 6.10 Å². The maximum Gasteiger partial charge on any atom is 0.407 e. The van der Waals surface area contributed by atoms with Crippen LogP contribution in [0.2, 0.25) is 0 Å². The van der Waals surface area contributed by atoms with E-state index < -0.39 is 8.56 Å². The molecule has 0 saturated heterocycles. The molecule has 0 bridgehead atoms. The van der Waals surface area contributed by atoms with Crippen molar-refractivity contribution < 1.29 is 8.85 Å². The van der Waals surface area contributed by atoms with Gasteiger partial charge in [-0.2, -0.15) is 0 Å². The molecule has 2 aromatic carbocycles. The van der Waals surface area contributed by atoms with Gasteiger partial charge in [-0.25, -0.2) is 0 Å². The topological polar surface area (TPSA) is 18.5 Å². The Labute approximate surface area is 198 Å². The monoisotopic (exact) mass is 452 g/mol. The van der Waals surface area contributed by atoms with Gasteiger partial charge in [0, 0.05) is 12.7 Å². The molecule has 32 heavy (non-hydrogen) atoms. The second kappa shape index (κ2) is 13.3. The molecule has 3 heteroatoms. The Morgan fingerprint density at radius 1 is 0.719 bits per heavy atom. The van der Waals surface area contributed by atoms with Crippen molar-refractivity contribution in [2.24, 2.45) is 11.8 Å². The minimum absolute atomic E-state index is 0.280. The molecule has 0 radical (unpaired) electrons. The van der Waals surface area contributed by atoms with Gasteiger partial charge in [0.05, 0.1) is 0 Å². The van der Waals surface area contributed by atoms with E-state index in [0.29, 0.717) is 5.92 Å². The zero-order valence-electron chi connectivity index (χ0n) is 20.6. The van der Waals surface area contributed by atoms with Crippen LogP contribution in [0.15, 0.2) is 60.7 Å². The van der Waals surface area contributed by atoms with E-state index >= 15 is 0 Å². The van der Waals surface area contributed by atoms with Gasteiger partial charge < -0.3 is 8.85 Å². The average Bonchev–Trinajstić information content (AvgIpc) is 2.83. The lowest BCUT2D eigenvalue weighted by atomic mass is 9.80. The summed E-state index contributed by atoms with van der Waals surface area (Å²) in [5.41, 5.74) is 0. The van der Waals surface area contributed by atoms with Gasteiger partial charge in [0.2, 0.25) is 0 Å². The van der Waals surface area contributed by atoms with E-state index in [9.17, 15) is 0 Å². The number of rotatable bonds is 13. The van der Waals surface area contributed by atoms with Gasteiger partial charge in [-0.05, 0) is 47.9 Å². The largest absolute Gasteiger partial charge is 0.407 e. The van der Waals surface area contributed by atoms with Crippen LogP contribution < -0.4 is 10.4 Å². The smallest absolute Gasteiger partial charge is 0.388 e. The van der Waals surface area contributed by atoms with Crippen molar-refractivity contribution in [3.8, 4) is 0 Å². The molecule has 1 fully saturated rings. The Morgan fingerprint density at radius 3 is 1.84 bits per heavy atom. The van der Waals surface area contributed by atoms with Crippen molar-refractivity contribution >= 4 is 18.9 Å². The summed E-state index contributed by atoms with van der Waals surface area (Å²) in [6, 6.07) is 21.6. The van der Waals surface area contributed by atoms with Crippen LogP contribution in [0.4, 0.5) is 0 Å². The van der Waals surface area contributed by atoms with Crippen LogP contribution in [0.3, 0.4) is 0 Å². The summed E-state index contributed by atoms with van der Waals surface area (Å²) >= 11 is 0. The quantitative estimate of drug-likeness (QED) is 0.244. The maximum atomic E-state index is 7.15. The van der Waals surface area contributed by atoms with Crippen LogP contribution in [0.1, 0.15) is 85.0 Å². The summed E-state index contributed by atoms with van der Waals surface area (Å²) < 4.78 is 14.1. The first kappa shape index (κ1) is 25.2. The lowest BCUT2D eigenvalue weighted by molar-refractivity contribution is 0.0660. The minimum Gasteiger partial charge on any atom is -0.388 e. The summed E-state index contributed by atoms with van der Waals surface area (Å²) in [5.74, 6) is 1.49. The molecule has 0 N–H and O–H groups in total. The Balaban J connectivity index is 1.77. The molecule has 1 aliphatic carbocycles.